The Labute approximate surface area is 135 Å². The van der Waals surface area contributed by atoms with E-state index < -0.39 is 11.9 Å². The van der Waals surface area contributed by atoms with Gasteiger partial charge < -0.3 is 9.88 Å². The molecule has 3 rings (SSSR count). The first-order chi connectivity index (χ1) is 10.9. The highest BCUT2D eigenvalue weighted by Crippen LogP contribution is 2.27. The van der Waals surface area contributed by atoms with Crippen LogP contribution >= 0.6 is 0 Å². The number of imide groups is 1. The van der Waals surface area contributed by atoms with E-state index in [-0.39, 0.29) is 5.70 Å². The molecular formula is C18H19N3O2. The van der Waals surface area contributed by atoms with Crippen molar-refractivity contribution in [3.05, 3.63) is 58.0 Å². The van der Waals surface area contributed by atoms with E-state index >= 15 is 0 Å². The van der Waals surface area contributed by atoms with E-state index in [1.165, 1.54) is 11.1 Å². The van der Waals surface area contributed by atoms with Gasteiger partial charge in [0.05, 0.1) is 5.69 Å². The van der Waals surface area contributed by atoms with Gasteiger partial charge in [0.15, 0.2) is 0 Å². The van der Waals surface area contributed by atoms with E-state index in [0.29, 0.717) is 0 Å². The van der Waals surface area contributed by atoms with E-state index in [1.807, 2.05) is 26.0 Å². The monoisotopic (exact) mass is 309 g/mol. The van der Waals surface area contributed by atoms with Crippen LogP contribution in [-0.2, 0) is 4.79 Å². The van der Waals surface area contributed by atoms with Crippen molar-refractivity contribution in [1.29, 1.82) is 0 Å². The number of urea groups is 1. The highest BCUT2D eigenvalue weighted by molar-refractivity contribution is 6.14. The molecule has 1 saturated heterocycles. The minimum Gasteiger partial charge on any atom is -0.317 e. The summed E-state index contributed by atoms with van der Waals surface area (Å²) in [5.74, 6) is -0.396. The van der Waals surface area contributed by atoms with Gasteiger partial charge in [0.25, 0.3) is 5.91 Å². The Balaban J connectivity index is 2.13. The number of aryl methyl sites for hydroxylation is 3. The molecule has 0 saturated carbocycles. The van der Waals surface area contributed by atoms with Crippen LogP contribution in [0.2, 0.25) is 0 Å². The van der Waals surface area contributed by atoms with Crippen molar-refractivity contribution < 1.29 is 9.59 Å². The van der Waals surface area contributed by atoms with Crippen LogP contribution in [0.4, 0.5) is 4.79 Å². The molecule has 0 atom stereocenters. The third-order valence-electron chi connectivity index (χ3n) is 4.15. The normalized spacial score (nSPS) is 15.9. The Kier molecular flexibility index (Phi) is 3.56. The average Bonchev–Trinajstić information content (AvgIpc) is 2.92. The topological polar surface area (TPSA) is 63.1 Å². The summed E-state index contributed by atoms with van der Waals surface area (Å²) in [5.41, 5.74) is 6.84. The van der Waals surface area contributed by atoms with Crippen LogP contribution in [0.5, 0.6) is 0 Å². The molecule has 0 spiro atoms. The Morgan fingerprint density at radius 1 is 1.00 bits per heavy atom. The quantitative estimate of drug-likeness (QED) is 0.662. The minimum atomic E-state index is -0.482. The molecule has 2 aromatic rings. The predicted molar refractivity (Wildman–Crippen MR) is 89.4 cm³/mol. The average molecular weight is 309 g/mol. The molecule has 5 heteroatoms. The molecule has 0 radical (unpaired) electrons. The molecule has 1 aromatic heterocycles. The summed E-state index contributed by atoms with van der Waals surface area (Å²) < 4.78 is 2.19. The van der Waals surface area contributed by atoms with Gasteiger partial charge in [-0.2, -0.15) is 0 Å². The summed E-state index contributed by atoms with van der Waals surface area (Å²) in [6, 6.07) is 7.76. The third kappa shape index (κ3) is 2.54. The van der Waals surface area contributed by atoms with Crippen molar-refractivity contribution in [2.45, 2.75) is 27.7 Å². The number of benzene rings is 1. The Bertz CT molecular complexity index is 839. The molecule has 0 aliphatic carbocycles. The Morgan fingerprint density at radius 3 is 2.22 bits per heavy atom. The highest BCUT2D eigenvalue weighted by Gasteiger charge is 2.23. The number of amides is 3. The van der Waals surface area contributed by atoms with Gasteiger partial charge >= 0.3 is 6.03 Å². The van der Waals surface area contributed by atoms with Gasteiger partial charge in [-0.15, -0.1) is 0 Å². The lowest BCUT2D eigenvalue weighted by molar-refractivity contribution is -0.115. The number of hydrogen-bond donors (Lipinski definition) is 2. The second kappa shape index (κ2) is 5.43. The zero-order valence-electron chi connectivity index (χ0n) is 13.7. The van der Waals surface area contributed by atoms with Crippen molar-refractivity contribution in [2.24, 2.45) is 0 Å². The summed E-state index contributed by atoms with van der Waals surface area (Å²) in [6.07, 6.45) is 1.71. The van der Waals surface area contributed by atoms with Gasteiger partial charge in [-0.3, -0.25) is 10.1 Å². The number of nitrogens with one attached hydrogen (secondary N) is 2. The maximum atomic E-state index is 11.7. The summed E-state index contributed by atoms with van der Waals surface area (Å²) >= 11 is 0. The molecule has 2 heterocycles. The largest absolute Gasteiger partial charge is 0.326 e. The molecule has 1 aliphatic heterocycles. The minimum absolute atomic E-state index is 0.275. The highest BCUT2D eigenvalue weighted by atomic mass is 16.2. The summed E-state index contributed by atoms with van der Waals surface area (Å²) in [7, 11) is 0. The lowest BCUT2D eigenvalue weighted by Crippen LogP contribution is -2.22. The molecule has 0 unspecified atom stereocenters. The van der Waals surface area contributed by atoms with Crippen LogP contribution in [0.1, 0.15) is 28.1 Å². The molecule has 2 N–H and O–H groups in total. The first-order valence-electron chi connectivity index (χ1n) is 7.48. The summed E-state index contributed by atoms with van der Waals surface area (Å²) in [6.45, 7) is 8.22. The molecule has 1 fully saturated rings. The number of carbonyl (C=O) groups is 2. The number of aromatic nitrogens is 1. The first kappa shape index (κ1) is 15.1. The standard InChI is InChI=1S/C18H19N3O2/c1-10-6-5-7-11(2)16(10)21-12(3)8-14(13(21)4)9-15-17(22)20-18(23)19-15/h5-9H,1-4H3,(H2,19,20,22,23)/b15-9+. The van der Waals surface area contributed by atoms with E-state index in [4.69, 9.17) is 0 Å². The molecular weight excluding hydrogens is 290 g/mol. The lowest BCUT2D eigenvalue weighted by Gasteiger charge is -2.15. The van der Waals surface area contributed by atoms with Crippen LogP contribution in [0, 0.1) is 27.7 Å². The second-order valence-corrected chi connectivity index (χ2v) is 5.87. The van der Waals surface area contributed by atoms with Gasteiger partial charge in [-0.1, -0.05) is 18.2 Å². The van der Waals surface area contributed by atoms with E-state index in [2.05, 4.69) is 41.2 Å². The zero-order chi connectivity index (χ0) is 16.7. The SMILES string of the molecule is Cc1cccc(C)c1-n1c(C)cc(/C=C2/NC(=O)NC2=O)c1C. The fourth-order valence-corrected chi connectivity index (χ4v) is 3.07. The van der Waals surface area contributed by atoms with Crippen LogP contribution < -0.4 is 10.6 Å². The van der Waals surface area contributed by atoms with E-state index in [0.717, 1.165) is 22.6 Å². The van der Waals surface area contributed by atoms with Gasteiger partial charge in [0.1, 0.15) is 5.70 Å². The predicted octanol–water partition coefficient (Wildman–Crippen LogP) is 2.89. The fraction of sp³-hybridized carbons (Fsp3) is 0.222. The van der Waals surface area contributed by atoms with E-state index in [1.54, 1.807) is 6.08 Å². The van der Waals surface area contributed by atoms with Crippen molar-refractivity contribution in [3.63, 3.8) is 0 Å². The molecule has 1 aliphatic rings. The third-order valence-corrected chi connectivity index (χ3v) is 4.15. The van der Waals surface area contributed by atoms with Crippen molar-refractivity contribution in [2.75, 3.05) is 0 Å². The van der Waals surface area contributed by atoms with E-state index in [9.17, 15) is 9.59 Å². The zero-order valence-corrected chi connectivity index (χ0v) is 13.7. The van der Waals surface area contributed by atoms with Gasteiger partial charge in [0.2, 0.25) is 0 Å². The van der Waals surface area contributed by atoms with Gasteiger partial charge in [-0.05, 0) is 56.5 Å². The maximum absolute atomic E-state index is 11.7. The number of hydrogen-bond acceptors (Lipinski definition) is 2. The second-order valence-electron chi connectivity index (χ2n) is 5.87. The lowest BCUT2D eigenvalue weighted by atomic mass is 10.1. The Hall–Kier alpha value is -2.82. The molecule has 23 heavy (non-hydrogen) atoms. The molecule has 1 aromatic carbocycles. The maximum Gasteiger partial charge on any atom is 0.326 e. The van der Waals surface area contributed by atoms with Crippen LogP contribution in [0.25, 0.3) is 11.8 Å². The van der Waals surface area contributed by atoms with Crippen molar-refractivity contribution >= 4 is 18.0 Å². The van der Waals surface area contributed by atoms with Crippen molar-refractivity contribution in [1.82, 2.24) is 15.2 Å². The van der Waals surface area contributed by atoms with Gasteiger partial charge in [0, 0.05) is 11.4 Å². The van der Waals surface area contributed by atoms with Gasteiger partial charge in [-0.25, -0.2) is 4.79 Å². The first-order valence-corrected chi connectivity index (χ1v) is 7.48. The smallest absolute Gasteiger partial charge is 0.317 e. The van der Waals surface area contributed by atoms with Crippen molar-refractivity contribution in [3.8, 4) is 5.69 Å². The molecule has 5 nitrogen and oxygen atoms in total. The number of rotatable bonds is 2. The van der Waals surface area contributed by atoms with Crippen LogP contribution in [-0.4, -0.2) is 16.5 Å². The fourth-order valence-electron chi connectivity index (χ4n) is 3.07. The summed E-state index contributed by atoms with van der Waals surface area (Å²) in [5, 5.41) is 4.74. The molecule has 3 amide bonds. The summed E-state index contributed by atoms with van der Waals surface area (Å²) in [4.78, 5) is 22.9. The number of para-hydroxylation sites is 1. The number of carbonyl (C=O) groups excluding carboxylic acids is 2. The van der Waals surface area contributed by atoms with Crippen LogP contribution in [0.15, 0.2) is 30.0 Å². The molecule has 0 bridgehead atoms. The Morgan fingerprint density at radius 2 is 1.65 bits per heavy atom. The molecule has 118 valence electrons. The number of nitrogens with zero attached hydrogens (tertiary/aromatic N) is 1. The van der Waals surface area contributed by atoms with Crippen LogP contribution in [0.3, 0.4) is 0 Å².